The lowest BCUT2D eigenvalue weighted by Gasteiger charge is -2.01. The second-order valence-corrected chi connectivity index (χ2v) is 3.58. The smallest absolute Gasteiger partial charge is 0.161 e. The molecule has 0 aliphatic heterocycles. The minimum Gasteiger partial charge on any atom is -0.294 e. The molecule has 15 heavy (non-hydrogen) atoms. The number of rotatable bonds is 1. The summed E-state index contributed by atoms with van der Waals surface area (Å²) in [6.07, 6.45) is 1.62. The molecule has 1 aromatic carbocycles. The van der Waals surface area contributed by atoms with Crippen molar-refractivity contribution in [2.45, 2.75) is 19.3 Å². The lowest BCUT2D eigenvalue weighted by Crippen LogP contribution is -1.94. The van der Waals surface area contributed by atoms with E-state index < -0.39 is 11.6 Å². The highest BCUT2D eigenvalue weighted by atomic mass is 19.1. The maximum Gasteiger partial charge on any atom is 0.161 e. The van der Waals surface area contributed by atoms with Gasteiger partial charge in [-0.3, -0.25) is 4.79 Å². The zero-order valence-electron chi connectivity index (χ0n) is 8.09. The van der Waals surface area contributed by atoms with Crippen LogP contribution >= 0.6 is 0 Å². The summed E-state index contributed by atoms with van der Waals surface area (Å²) in [5.41, 5.74) is 0.531. The molecule has 0 saturated heterocycles. The van der Waals surface area contributed by atoms with Gasteiger partial charge in [0.1, 0.15) is 11.6 Å². The van der Waals surface area contributed by atoms with Gasteiger partial charge in [0.2, 0.25) is 0 Å². The lowest BCUT2D eigenvalue weighted by atomic mass is 10.1. The molecule has 0 aromatic heterocycles. The van der Waals surface area contributed by atoms with E-state index in [-0.39, 0.29) is 16.9 Å². The Labute approximate surface area is 86.4 Å². The molecule has 1 aromatic rings. The predicted octanol–water partition coefficient (Wildman–Crippen LogP) is 3.26. The zero-order chi connectivity index (χ0) is 10.8. The van der Waals surface area contributed by atoms with E-state index in [0.717, 1.165) is 0 Å². The summed E-state index contributed by atoms with van der Waals surface area (Å²) >= 11 is 0. The Balaban J connectivity index is 2.38. The summed E-state index contributed by atoms with van der Waals surface area (Å²) in [5, 5.41) is 0. The second kappa shape index (κ2) is 3.93. The molecule has 0 heterocycles. The van der Waals surface area contributed by atoms with Gasteiger partial charge < -0.3 is 0 Å². The van der Waals surface area contributed by atoms with Gasteiger partial charge in [0, 0.05) is 17.6 Å². The summed E-state index contributed by atoms with van der Waals surface area (Å²) in [7, 11) is 0. The van der Waals surface area contributed by atoms with Crippen LogP contribution in [0.4, 0.5) is 8.78 Å². The van der Waals surface area contributed by atoms with Crippen molar-refractivity contribution in [3.8, 4) is 0 Å². The van der Waals surface area contributed by atoms with Gasteiger partial charge in [0.05, 0.1) is 0 Å². The summed E-state index contributed by atoms with van der Waals surface area (Å²) in [6.45, 7) is 0. The fraction of sp³-hybridized carbons (Fsp3) is 0.250. The normalized spacial score (nSPS) is 19.5. The lowest BCUT2D eigenvalue weighted by molar-refractivity contribution is -0.114. The first-order valence-electron chi connectivity index (χ1n) is 4.86. The van der Waals surface area contributed by atoms with E-state index in [1.165, 1.54) is 24.3 Å². The van der Waals surface area contributed by atoms with Crippen LogP contribution in [-0.4, -0.2) is 5.78 Å². The molecule has 1 aliphatic rings. The molecule has 0 amide bonds. The maximum absolute atomic E-state index is 13.8. The average Bonchev–Trinajstić information content (AvgIpc) is 2.65. The van der Waals surface area contributed by atoms with E-state index in [1.807, 2.05) is 0 Å². The number of allylic oxidation sites excluding steroid dienone is 1. The molecule has 0 N–H and O–H groups in total. The molecule has 3 heteroatoms. The predicted molar refractivity (Wildman–Crippen MR) is 53.3 cm³/mol. The summed E-state index contributed by atoms with van der Waals surface area (Å²) in [6, 6.07) is 5.08. The largest absolute Gasteiger partial charge is 0.294 e. The van der Waals surface area contributed by atoms with Crippen LogP contribution in [0.25, 0.3) is 5.83 Å². The van der Waals surface area contributed by atoms with Crippen molar-refractivity contribution in [2.24, 2.45) is 0 Å². The Hall–Kier alpha value is -1.51. The van der Waals surface area contributed by atoms with Gasteiger partial charge in [0.15, 0.2) is 5.78 Å². The van der Waals surface area contributed by atoms with Crippen LogP contribution < -0.4 is 0 Å². The van der Waals surface area contributed by atoms with Gasteiger partial charge in [0.25, 0.3) is 0 Å². The molecule has 0 bridgehead atoms. The number of carbonyl (C=O) groups excluding carboxylic acids is 1. The number of ketones is 1. The molecular weight excluding hydrogens is 198 g/mol. The number of hydrogen-bond donors (Lipinski definition) is 0. The summed E-state index contributed by atoms with van der Waals surface area (Å²) in [4.78, 5) is 11.3. The van der Waals surface area contributed by atoms with Crippen LogP contribution in [0.3, 0.4) is 0 Å². The van der Waals surface area contributed by atoms with Crippen LogP contribution in [0.2, 0.25) is 0 Å². The summed E-state index contributed by atoms with van der Waals surface area (Å²) in [5.74, 6) is -1.04. The zero-order valence-corrected chi connectivity index (χ0v) is 8.09. The van der Waals surface area contributed by atoms with E-state index >= 15 is 0 Å². The van der Waals surface area contributed by atoms with Gasteiger partial charge in [-0.2, -0.15) is 0 Å². The molecule has 0 spiro atoms. The third kappa shape index (κ3) is 1.96. The van der Waals surface area contributed by atoms with Gasteiger partial charge in [-0.15, -0.1) is 0 Å². The Kier molecular flexibility index (Phi) is 2.62. The SMILES string of the molecule is O=C1CCC/C1=C(\F)c1ccc(F)cc1. The first-order chi connectivity index (χ1) is 7.18. The van der Waals surface area contributed by atoms with Crippen molar-refractivity contribution in [3.63, 3.8) is 0 Å². The first-order valence-corrected chi connectivity index (χ1v) is 4.86. The first kappa shape index (κ1) is 10.0. The minimum atomic E-state index is -0.502. The van der Waals surface area contributed by atoms with Gasteiger partial charge in [-0.1, -0.05) is 0 Å². The highest BCUT2D eigenvalue weighted by Crippen LogP contribution is 2.30. The fourth-order valence-corrected chi connectivity index (χ4v) is 1.72. The highest BCUT2D eigenvalue weighted by Gasteiger charge is 2.22. The van der Waals surface area contributed by atoms with Crippen LogP contribution in [-0.2, 0) is 4.79 Å². The average molecular weight is 208 g/mol. The van der Waals surface area contributed by atoms with Gasteiger partial charge in [-0.05, 0) is 37.1 Å². The fourth-order valence-electron chi connectivity index (χ4n) is 1.72. The standard InChI is InChI=1S/C12H10F2O/c13-9-6-4-8(5-7-9)12(14)10-2-1-3-11(10)15/h4-7H,1-3H2/b12-10+. The number of benzene rings is 1. The molecule has 0 radical (unpaired) electrons. The van der Waals surface area contributed by atoms with Crippen LogP contribution in [0, 0.1) is 5.82 Å². The van der Waals surface area contributed by atoms with Gasteiger partial charge in [-0.25, -0.2) is 8.78 Å². The molecule has 0 atom stereocenters. The van der Waals surface area contributed by atoms with E-state index in [0.29, 0.717) is 19.3 Å². The second-order valence-electron chi connectivity index (χ2n) is 3.58. The van der Waals surface area contributed by atoms with Crippen molar-refractivity contribution in [1.82, 2.24) is 0 Å². The molecule has 1 saturated carbocycles. The molecular formula is C12H10F2O. The van der Waals surface area contributed by atoms with Crippen LogP contribution in [0.15, 0.2) is 29.8 Å². The molecule has 2 rings (SSSR count). The van der Waals surface area contributed by atoms with Crippen LogP contribution in [0.5, 0.6) is 0 Å². The quantitative estimate of drug-likeness (QED) is 0.647. The van der Waals surface area contributed by atoms with Gasteiger partial charge >= 0.3 is 0 Å². The number of hydrogen-bond acceptors (Lipinski definition) is 1. The molecule has 78 valence electrons. The Morgan fingerprint density at radius 3 is 2.33 bits per heavy atom. The highest BCUT2D eigenvalue weighted by molar-refractivity contribution is 6.03. The van der Waals surface area contributed by atoms with Crippen molar-refractivity contribution in [3.05, 3.63) is 41.2 Å². The van der Waals surface area contributed by atoms with E-state index in [1.54, 1.807) is 0 Å². The topological polar surface area (TPSA) is 17.1 Å². The minimum absolute atomic E-state index is 0.128. The third-order valence-corrected chi connectivity index (χ3v) is 2.53. The van der Waals surface area contributed by atoms with E-state index in [9.17, 15) is 13.6 Å². The number of carbonyl (C=O) groups is 1. The molecule has 0 unspecified atom stereocenters. The molecule has 1 fully saturated rings. The van der Waals surface area contributed by atoms with Crippen molar-refractivity contribution in [2.75, 3.05) is 0 Å². The van der Waals surface area contributed by atoms with E-state index in [2.05, 4.69) is 0 Å². The Bertz CT molecular complexity index is 418. The molecule has 1 nitrogen and oxygen atoms in total. The summed E-state index contributed by atoms with van der Waals surface area (Å²) < 4.78 is 26.4. The van der Waals surface area contributed by atoms with Crippen molar-refractivity contribution < 1.29 is 13.6 Å². The molecule has 1 aliphatic carbocycles. The van der Waals surface area contributed by atoms with Crippen molar-refractivity contribution >= 4 is 11.6 Å². The number of Topliss-reactive ketones (excluding diaryl/α,β-unsaturated/α-hetero) is 1. The monoisotopic (exact) mass is 208 g/mol. The number of halogens is 2. The van der Waals surface area contributed by atoms with E-state index in [4.69, 9.17) is 0 Å². The Morgan fingerprint density at radius 1 is 1.13 bits per heavy atom. The van der Waals surface area contributed by atoms with Crippen molar-refractivity contribution in [1.29, 1.82) is 0 Å². The maximum atomic E-state index is 13.8. The Morgan fingerprint density at radius 2 is 1.80 bits per heavy atom. The van der Waals surface area contributed by atoms with Crippen LogP contribution in [0.1, 0.15) is 24.8 Å². The third-order valence-electron chi connectivity index (χ3n) is 2.53.